The number of aliphatic hydroxyl groups excluding tert-OH is 1. The molecule has 1 aromatic heterocycles. The highest BCUT2D eigenvalue weighted by Crippen LogP contribution is 2.14. The summed E-state index contributed by atoms with van der Waals surface area (Å²) in [7, 11) is 0. The first kappa shape index (κ1) is 12.3. The van der Waals surface area contributed by atoms with E-state index in [-0.39, 0.29) is 18.6 Å². The van der Waals surface area contributed by atoms with Crippen LogP contribution in [0.15, 0.2) is 21.4 Å². The largest absolute Gasteiger partial charge is 0.457 e. The Balaban J connectivity index is 2.54. The van der Waals surface area contributed by atoms with E-state index in [0.717, 1.165) is 6.42 Å². The van der Waals surface area contributed by atoms with Gasteiger partial charge in [0.25, 0.3) is 5.91 Å². The topological polar surface area (TPSA) is 62.5 Å². The van der Waals surface area contributed by atoms with Crippen molar-refractivity contribution < 1.29 is 14.3 Å². The molecule has 0 saturated carbocycles. The fraction of sp³-hybridized carbons (Fsp3) is 0.500. The summed E-state index contributed by atoms with van der Waals surface area (Å²) in [5, 5.41) is 11.6. The third kappa shape index (κ3) is 3.68. The number of carbonyl (C=O) groups excluding carboxylic acids is 1. The van der Waals surface area contributed by atoms with Gasteiger partial charge in [-0.1, -0.05) is 6.92 Å². The summed E-state index contributed by atoms with van der Waals surface area (Å²) in [4.78, 5) is 11.6. The number of nitrogens with one attached hydrogen (secondary N) is 1. The maximum absolute atomic E-state index is 11.6. The molecule has 1 rings (SSSR count). The van der Waals surface area contributed by atoms with Crippen LogP contribution in [0, 0.1) is 0 Å². The summed E-state index contributed by atoms with van der Waals surface area (Å²) in [5.74, 6) is -0.176. The summed E-state index contributed by atoms with van der Waals surface area (Å²) >= 11 is 3.13. The lowest BCUT2D eigenvalue weighted by Crippen LogP contribution is -2.34. The highest BCUT2D eigenvalue weighted by Gasteiger charge is 2.13. The van der Waals surface area contributed by atoms with E-state index in [1.807, 2.05) is 6.92 Å². The fourth-order valence-corrected chi connectivity index (χ4v) is 1.57. The van der Waals surface area contributed by atoms with Crippen molar-refractivity contribution in [1.82, 2.24) is 5.32 Å². The quantitative estimate of drug-likeness (QED) is 0.863. The third-order valence-electron chi connectivity index (χ3n) is 2.14. The van der Waals surface area contributed by atoms with Gasteiger partial charge in [0.15, 0.2) is 4.67 Å². The normalized spacial score (nSPS) is 12.5. The predicted molar refractivity (Wildman–Crippen MR) is 59.7 cm³/mol. The Hall–Kier alpha value is -0.810. The Morgan fingerprint density at radius 2 is 2.47 bits per heavy atom. The molecule has 1 atom stereocenters. The van der Waals surface area contributed by atoms with E-state index in [1.54, 1.807) is 6.07 Å². The SMILES string of the molecule is CCC(CCO)NC(=O)c1coc(Br)c1. The molecule has 2 N–H and O–H groups in total. The molecule has 0 aliphatic carbocycles. The lowest BCUT2D eigenvalue weighted by molar-refractivity contribution is 0.0928. The van der Waals surface area contributed by atoms with Gasteiger partial charge in [-0.3, -0.25) is 4.79 Å². The van der Waals surface area contributed by atoms with Crippen molar-refractivity contribution >= 4 is 21.8 Å². The molecule has 1 unspecified atom stereocenters. The van der Waals surface area contributed by atoms with Crippen LogP contribution in [0.3, 0.4) is 0 Å². The minimum atomic E-state index is -0.176. The first-order chi connectivity index (χ1) is 7.17. The van der Waals surface area contributed by atoms with Crippen LogP contribution in [0.5, 0.6) is 0 Å². The highest BCUT2D eigenvalue weighted by atomic mass is 79.9. The molecule has 84 valence electrons. The van der Waals surface area contributed by atoms with Gasteiger partial charge in [-0.05, 0) is 28.8 Å². The molecule has 0 aliphatic rings. The standard InChI is InChI=1S/C10H14BrNO3/c1-2-8(3-4-13)12-10(14)7-5-9(11)15-6-7/h5-6,8,13H,2-4H2,1H3,(H,12,14). The van der Waals surface area contributed by atoms with Gasteiger partial charge in [0.05, 0.1) is 5.56 Å². The zero-order chi connectivity index (χ0) is 11.3. The summed E-state index contributed by atoms with van der Waals surface area (Å²) in [5.41, 5.74) is 0.485. The second-order valence-corrected chi connectivity index (χ2v) is 4.01. The first-order valence-electron chi connectivity index (χ1n) is 4.83. The fourth-order valence-electron chi connectivity index (χ4n) is 1.23. The van der Waals surface area contributed by atoms with Crippen LogP contribution < -0.4 is 5.32 Å². The Morgan fingerprint density at radius 1 is 1.73 bits per heavy atom. The Labute approximate surface area is 96.8 Å². The average molecular weight is 276 g/mol. The van der Waals surface area contributed by atoms with E-state index in [1.165, 1.54) is 6.26 Å². The smallest absolute Gasteiger partial charge is 0.254 e. The van der Waals surface area contributed by atoms with Crippen molar-refractivity contribution in [3.63, 3.8) is 0 Å². The van der Waals surface area contributed by atoms with Crippen molar-refractivity contribution in [3.8, 4) is 0 Å². The monoisotopic (exact) mass is 275 g/mol. The zero-order valence-electron chi connectivity index (χ0n) is 8.50. The van der Waals surface area contributed by atoms with Crippen molar-refractivity contribution in [2.24, 2.45) is 0 Å². The number of hydrogen-bond donors (Lipinski definition) is 2. The molecule has 0 aliphatic heterocycles. The Kier molecular flexibility index (Phi) is 4.84. The first-order valence-corrected chi connectivity index (χ1v) is 5.62. The molecule has 5 heteroatoms. The van der Waals surface area contributed by atoms with Crippen LogP contribution >= 0.6 is 15.9 Å². The number of carbonyl (C=O) groups is 1. The van der Waals surface area contributed by atoms with Crippen molar-refractivity contribution in [2.75, 3.05) is 6.61 Å². The van der Waals surface area contributed by atoms with E-state index in [9.17, 15) is 4.79 Å². The summed E-state index contributed by atoms with van der Waals surface area (Å²) in [6.45, 7) is 2.04. The average Bonchev–Trinajstić information content (AvgIpc) is 2.64. The molecule has 0 radical (unpaired) electrons. The second kappa shape index (κ2) is 5.92. The minimum Gasteiger partial charge on any atom is -0.457 e. The van der Waals surface area contributed by atoms with Gasteiger partial charge in [-0.25, -0.2) is 0 Å². The molecule has 0 spiro atoms. The molecule has 0 bridgehead atoms. The Morgan fingerprint density at radius 3 is 2.93 bits per heavy atom. The second-order valence-electron chi connectivity index (χ2n) is 3.23. The lowest BCUT2D eigenvalue weighted by atomic mass is 10.1. The minimum absolute atomic E-state index is 0.0103. The van der Waals surface area contributed by atoms with Crippen LogP contribution in [0.25, 0.3) is 0 Å². The number of hydrogen-bond acceptors (Lipinski definition) is 3. The maximum atomic E-state index is 11.6. The highest BCUT2D eigenvalue weighted by molar-refractivity contribution is 9.10. The zero-order valence-corrected chi connectivity index (χ0v) is 10.1. The number of halogens is 1. The van der Waals surface area contributed by atoms with Gasteiger partial charge in [0.2, 0.25) is 0 Å². The molecule has 15 heavy (non-hydrogen) atoms. The Bertz CT molecular complexity index is 324. The van der Waals surface area contributed by atoms with Gasteiger partial charge in [-0.15, -0.1) is 0 Å². The molecular weight excluding hydrogens is 262 g/mol. The molecule has 0 saturated heterocycles. The predicted octanol–water partition coefficient (Wildman–Crippen LogP) is 1.93. The number of aliphatic hydroxyl groups is 1. The van der Waals surface area contributed by atoms with Crippen LogP contribution in [-0.2, 0) is 0 Å². The van der Waals surface area contributed by atoms with Crippen LogP contribution in [-0.4, -0.2) is 23.7 Å². The summed E-state index contributed by atoms with van der Waals surface area (Å²) in [6, 6.07) is 1.62. The maximum Gasteiger partial charge on any atom is 0.254 e. The number of furan rings is 1. The molecular formula is C10H14BrNO3. The van der Waals surface area contributed by atoms with E-state index < -0.39 is 0 Å². The van der Waals surface area contributed by atoms with E-state index >= 15 is 0 Å². The van der Waals surface area contributed by atoms with Crippen LogP contribution in [0.1, 0.15) is 30.1 Å². The van der Waals surface area contributed by atoms with Gasteiger partial charge >= 0.3 is 0 Å². The summed E-state index contributed by atoms with van der Waals surface area (Å²) in [6.07, 6.45) is 2.76. The van der Waals surface area contributed by atoms with Gasteiger partial charge in [0, 0.05) is 18.7 Å². The van der Waals surface area contributed by atoms with Gasteiger partial charge in [0.1, 0.15) is 6.26 Å². The van der Waals surface area contributed by atoms with Crippen molar-refractivity contribution in [2.45, 2.75) is 25.8 Å². The van der Waals surface area contributed by atoms with E-state index in [4.69, 9.17) is 9.52 Å². The molecule has 1 aromatic rings. The van der Waals surface area contributed by atoms with Gasteiger partial charge in [-0.2, -0.15) is 0 Å². The molecule has 4 nitrogen and oxygen atoms in total. The molecule has 0 aromatic carbocycles. The third-order valence-corrected chi connectivity index (χ3v) is 2.55. The van der Waals surface area contributed by atoms with Gasteiger partial charge < -0.3 is 14.8 Å². The van der Waals surface area contributed by atoms with Crippen molar-refractivity contribution in [1.29, 1.82) is 0 Å². The number of amides is 1. The van der Waals surface area contributed by atoms with Crippen LogP contribution in [0.4, 0.5) is 0 Å². The lowest BCUT2D eigenvalue weighted by Gasteiger charge is -2.14. The molecule has 1 heterocycles. The molecule has 1 amide bonds. The molecule has 0 fully saturated rings. The van der Waals surface area contributed by atoms with E-state index in [2.05, 4.69) is 21.2 Å². The summed E-state index contributed by atoms with van der Waals surface area (Å²) < 4.78 is 5.50. The van der Waals surface area contributed by atoms with Crippen molar-refractivity contribution in [3.05, 3.63) is 22.6 Å². The number of rotatable bonds is 5. The van der Waals surface area contributed by atoms with E-state index in [0.29, 0.717) is 16.7 Å². The van der Waals surface area contributed by atoms with Crippen LogP contribution in [0.2, 0.25) is 0 Å².